The predicted octanol–water partition coefficient (Wildman–Crippen LogP) is 6.06. The molecule has 0 heterocycles. The van der Waals surface area contributed by atoms with E-state index < -0.39 is 47.1 Å². The van der Waals surface area contributed by atoms with Crippen molar-refractivity contribution in [2.24, 2.45) is 0 Å². The highest BCUT2D eigenvalue weighted by molar-refractivity contribution is 6.94. The van der Waals surface area contributed by atoms with Gasteiger partial charge >= 0.3 is 14.8 Å². The van der Waals surface area contributed by atoms with E-state index >= 15 is 0 Å². The van der Waals surface area contributed by atoms with Gasteiger partial charge in [0.1, 0.15) is 0 Å². The minimum absolute atomic E-state index is 1.17. The van der Waals surface area contributed by atoms with Crippen molar-refractivity contribution in [1.29, 1.82) is 0 Å². The van der Waals surface area contributed by atoms with Gasteiger partial charge < -0.3 is 7.58 Å². The summed E-state index contributed by atoms with van der Waals surface area (Å²) in [6.45, 7) is 33.7. The lowest BCUT2D eigenvalue weighted by Crippen LogP contribution is -2.51. The summed E-state index contributed by atoms with van der Waals surface area (Å²) < 4.78 is 13.9. The van der Waals surface area contributed by atoms with E-state index in [9.17, 15) is 0 Å². The fourth-order valence-corrected chi connectivity index (χ4v) is 12.5. The fraction of sp³-hybridized carbons (Fsp3) is 0.556. The van der Waals surface area contributed by atoms with Crippen LogP contribution in [0, 0.1) is 13.8 Å². The van der Waals surface area contributed by atoms with Gasteiger partial charge in [0, 0.05) is 0 Å². The second-order valence-electron chi connectivity index (χ2n) is 14.2. The zero-order valence-corrected chi connectivity index (χ0v) is 29.9. The Morgan fingerprint density at radius 1 is 0.471 bits per heavy atom. The molecule has 34 heavy (non-hydrogen) atoms. The Balaban J connectivity index is 2.65. The molecular weight excluding hydrogens is 496 g/mol. The van der Waals surface area contributed by atoms with Crippen molar-refractivity contribution in [1.82, 2.24) is 0 Å². The van der Waals surface area contributed by atoms with Gasteiger partial charge in [-0.2, -0.15) is 0 Å². The average Bonchev–Trinajstić information content (AvgIpc) is 2.60. The molecule has 0 bridgehead atoms. The van der Waals surface area contributed by atoms with Crippen LogP contribution < -0.4 is 28.3 Å². The topological polar surface area (TPSA) is 18.5 Å². The summed E-state index contributed by atoms with van der Waals surface area (Å²) in [5.41, 5.74) is 2.72. The number of hydrogen-bond donors (Lipinski definition) is 0. The van der Waals surface area contributed by atoms with Crippen LogP contribution in [-0.4, -0.2) is 47.1 Å². The van der Waals surface area contributed by atoms with Crippen LogP contribution in [0.25, 0.3) is 0 Å². The summed E-state index contributed by atoms with van der Waals surface area (Å²) in [5.74, 6) is 4.56. The lowest BCUT2D eigenvalue weighted by molar-refractivity contribution is 0.438. The number of benzene rings is 2. The van der Waals surface area contributed by atoms with Crippen LogP contribution in [0.15, 0.2) is 24.3 Å². The van der Waals surface area contributed by atoms with Gasteiger partial charge in [-0.05, 0) is 40.4 Å². The summed E-state index contributed by atoms with van der Waals surface area (Å²) in [5, 5.41) is 5.81. The molecule has 0 aliphatic heterocycles. The maximum Gasteiger partial charge on any atom is 0.853 e. The molecule has 2 aromatic rings. The monoisotopic (exact) mass is 544 g/mol. The first-order valence-corrected chi connectivity index (χ1v) is 28.9. The van der Waals surface area contributed by atoms with Crippen molar-refractivity contribution >= 4 is 67.9 Å². The first kappa shape index (κ1) is 29.7. The Labute approximate surface area is 219 Å². The smallest absolute Gasteiger partial charge is 0.612 e. The molecule has 0 radical (unpaired) electrons. The Bertz CT molecular complexity index is 885. The van der Waals surface area contributed by atoms with Gasteiger partial charge in [-0.3, -0.25) is 0 Å². The minimum atomic E-state index is -2.00. The average molecular weight is 545 g/mol. The zero-order chi connectivity index (χ0) is 26.4. The van der Waals surface area contributed by atoms with Gasteiger partial charge in [0.15, 0.2) is 0 Å². The molecule has 0 amide bonds. The van der Waals surface area contributed by atoms with Crippen LogP contribution in [0.3, 0.4) is 0 Å². The van der Waals surface area contributed by atoms with Crippen molar-refractivity contribution < 1.29 is 7.58 Å². The van der Waals surface area contributed by atoms with E-state index in [1.54, 1.807) is 0 Å². The molecule has 0 aromatic heterocycles. The van der Waals surface area contributed by atoms with Crippen molar-refractivity contribution in [3.63, 3.8) is 0 Å². The minimum Gasteiger partial charge on any atom is -0.612 e. The molecule has 0 aliphatic carbocycles. The summed E-state index contributed by atoms with van der Waals surface area (Å²) in [6, 6.07) is 9.55. The second kappa shape index (κ2) is 10.1. The van der Waals surface area contributed by atoms with E-state index in [-0.39, 0.29) is 0 Å². The standard InChI is InChI=1S/2C13H24OSi2.CH3.Al/c2*1-10-8-11(15(2,3)4)13(14)12(9-10)16(5,6)7;;/h2*8-9,14H,1-7H3;1H3;/q;;;+2/p-2. The normalized spacial score (nSPS) is 13.1. The van der Waals surface area contributed by atoms with Gasteiger partial charge in [0.25, 0.3) is 0 Å². The summed E-state index contributed by atoms with van der Waals surface area (Å²) >= 11 is -2.00. The Hall–Kier alpha value is -0.560. The predicted molar refractivity (Wildman–Crippen MR) is 167 cm³/mol. The summed E-state index contributed by atoms with van der Waals surface area (Å²) in [7, 11) is -6.36. The van der Waals surface area contributed by atoms with Gasteiger partial charge in [-0.1, -0.05) is 114 Å². The molecule has 0 unspecified atom stereocenters. The highest BCUT2D eigenvalue weighted by Gasteiger charge is 2.37. The lowest BCUT2D eigenvalue weighted by Gasteiger charge is -2.33. The molecule has 2 nitrogen and oxygen atoms in total. The van der Waals surface area contributed by atoms with E-state index in [2.05, 4.69) is 122 Å². The van der Waals surface area contributed by atoms with Gasteiger partial charge in [-0.15, -0.1) is 0 Å². The third-order valence-corrected chi connectivity index (χ3v) is 15.4. The number of hydrogen-bond acceptors (Lipinski definition) is 2. The van der Waals surface area contributed by atoms with Gasteiger partial charge in [-0.25, -0.2) is 0 Å². The fourth-order valence-electron chi connectivity index (χ4n) is 4.38. The largest absolute Gasteiger partial charge is 0.853 e. The molecule has 0 saturated heterocycles. The van der Waals surface area contributed by atoms with Crippen molar-refractivity contribution in [3.05, 3.63) is 35.4 Å². The third kappa shape index (κ3) is 7.24. The molecule has 0 atom stereocenters. The first-order valence-electron chi connectivity index (χ1n) is 12.8. The highest BCUT2D eigenvalue weighted by Crippen LogP contribution is 2.23. The Morgan fingerprint density at radius 3 is 0.853 bits per heavy atom. The first-order chi connectivity index (χ1) is 15.1. The van der Waals surface area contributed by atoms with Crippen molar-refractivity contribution in [2.75, 3.05) is 0 Å². The van der Waals surface area contributed by atoms with Crippen molar-refractivity contribution in [2.45, 2.75) is 98.2 Å². The van der Waals surface area contributed by atoms with E-state index in [1.165, 1.54) is 43.4 Å². The van der Waals surface area contributed by atoms with E-state index in [1.807, 2.05) is 0 Å². The molecule has 0 fully saturated rings. The molecular formula is C27H49AlO2Si4. The van der Waals surface area contributed by atoms with E-state index in [4.69, 9.17) is 7.58 Å². The van der Waals surface area contributed by atoms with E-state index in [0.717, 1.165) is 0 Å². The second-order valence-corrected chi connectivity index (χ2v) is 35.9. The van der Waals surface area contributed by atoms with Crippen LogP contribution in [-0.2, 0) is 0 Å². The maximum absolute atomic E-state index is 6.97. The van der Waals surface area contributed by atoms with Crippen LogP contribution in [0.1, 0.15) is 11.1 Å². The highest BCUT2D eigenvalue weighted by atomic mass is 28.3. The lowest BCUT2D eigenvalue weighted by atomic mass is 10.2. The van der Waals surface area contributed by atoms with Gasteiger partial charge in [0.2, 0.25) is 0 Å². The summed E-state index contributed by atoms with van der Waals surface area (Å²) in [6.07, 6.45) is 0. The zero-order valence-electron chi connectivity index (χ0n) is 24.7. The maximum atomic E-state index is 6.97. The number of aryl methyl sites for hydroxylation is 2. The number of rotatable bonds is 8. The molecule has 0 N–H and O–H groups in total. The molecule has 188 valence electrons. The molecule has 0 saturated carbocycles. The molecule has 7 heteroatoms. The Morgan fingerprint density at radius 2 is 0.676 bits per heavy atom. The molecule has 0 aliphatic rings. The summed E-state index contributed by atoms with van der Waals surface area (Å²) in [4.78, 5) is 0. The Kier molecular flexibility index (Phi) is 8.78. The van der Waals surface area contributed by atoms with Crippen molar-refractivity contribution in [3.8, 4) is 11.5 Å². The SMILES string of the molecule is Cc1cc([Si](C)(C)C)c([O][Al]([CH3])[O]c2c([Si](C)(C)C)cc(C)cc2[Si](C)(C)C)c([Si](C)(C)C)c1. The van der Waals surface area contributed by atoms with Gasteiger partial charge in [0.05, 0.1) is 43.8 Å². The van der Waals surface area contributed by atoms with Crippen LogP contribution in [0.4, 0.5) is 0 Å². The molecule has 0 spiro atoms. The van der Waals surface area contributed by atoms with Crippen LogP contribution >= 0.6 is 0 Å². The third-order valence-electron chi connectivity index (χ3n) is 6.27. The van der Waals surface area contributed by atoms with Crippen LogP contribution in [0.2, 0.25) is 84.3 Å². The molecule has 2 rings (SSSR count). The quantitative estimate of drug-likeness (QED) is 0.376. The van der Waals surface area contributed by atoms with Crippen LogP contribution in [0.5, 0.6) is 11.5 Å². The molecule has 2 aromatic carbocycles. The van der Waals surface area contributed by atoms with E-state index in [0.29, 0.717) is 0 Å².